The van der Waals surface area contributed by atoms with E-state index in [1.165, 1.54) is 0 Å². The van der Waals surface area contributed by atoms with Crippen LogP contribution in [0.2, 0.25) is 0 Å². The van der Waals surface area contributed by atoms with Crippen molar-refractivity contribution in [3.8, 4) is 0 Å². The minimum Gasteiger partial charge on any atom is -0.481 e. The molecule has 0 aromatic rings. The Morgan fingerprint density at radius 1 is 0.525 bits per heavy atom. The van der Waals surface area contributed by atoms with Gasteiger partial charge in [0.2, 0.25) is 23.6 Å². The number of carbonyl (C=O) groups excluding carboxylic acids is 6. The van der Waals surface area contributed by atoms with E-state index in [1.807, 2.05) is 0 Å². The van der Waals surface area contributed by atoms with Crippen LogP contribution in [-0.2, 0) is 66.9 Å². The van der Waals surface area contributed by atoms with Crippen molar-refractivity contribution in [2.45, 2.75) is 128 Å². The van der Waals surface area contributed by atoms with Gasteiger partial charge in [-0.15, -0.1) is 0 Å². The van der Waals surface area contributed by atoms with E-state index in [2.05, 4.69) is 26.6 Å². The molecule has 0 fully saturated rings. The average Bonchev–Trinajstić information content (AvgIpc) is 3.09. The number of carbonyl (C=O) groups is 10. The highest BCUT2D eigenvalue weighted by atomic mass is 16.6. The summed E-state index contributed by atoms with van der Waals surface area (Å²) in [6, 6.07) is -5.77. The second-order valence-corrected chi connectivity index (χ2v) is 15.0. The molecule has 59 heavy (non-hydrogen) atoms. The molecule has 0 aromatic heterocycles. The van der Waals surface area contributed by atoms with E-state index in [9.17, 15) is 58.2 Å². The molecule has 0 aliphatic rings. The van der Waals surface area contributed by atoms with Gasteiger partial charge in [-0.25, -0.2) is 9.59 Å². The molecular formula is C36H59N5O18. The van der Waals surface area contributed by atoms with E-state index in [1.54, 1.807) is 41.5 Å². The largest absolute Gasteiger partial charge is 0.481 e. The first-order valence-corrected chi connectivity index (χ1v) is 18.7. The molecule has 0 aromatic carbocycles. The van der Waals surface area contributed by atoms with E-state index >= 15 is 0 Å². The van der Waals surface area contributed by atoms with Crippen molar-refractivity contribution in [3.63, 3.8) is 0 Å². The Morgan fingerprint density at radius 3 is 1.53 bits per heavy atom. The van der Waals surface area contributed by atoms with Crippen LogP contribution < -0.4 is 26.6 Å². The van der Waals surface area contributed by atoms with Crippen LogP contribution in [0.5, 0.6) is 0 Å². The molecule has 9 N–H and O–H groups in total. The van der Waals surface area contributed by atoms with Crippen molar-refractivity contribution in [3.05, 3.63) is 0 Å². The number of aliphatic carboxylic acids is 4. The van der Waals surface area contributed by atoms with Gasteiger partial charge in [-0.05, 0) is 67.2 Å². The number of esters is 2. The topological polar surface area (TPSA) is 349 Å². The molecule has 0 aliphatic heterocycles. The van der Waals surface area contributed by atoms with Crippen LogP contribution in [0.15, 0.2) is 0 Å². The summed E-state index contributed by atoms with van der Waals surface area (Å²) in [6.45, 7) is 9.15. The summed E-state index contributed by atoms with van der Waals surface area (Å²) < 4.78 is 21.2. The highest BCUT2D eigenvalue weighted by Crippen LogP contribution is 2.12. The summed E-state index contributed by atoms with van der Waals surface area (Å²) in [6.07, 6.45) is -3.24. The maximum Gasteiger partial charge on any atom is 0.326 e. The Kier molecular flexibility index (Phi) is 24.8. The predicted octanol–water partition coefficient (Wildman–Crippen LogP) is -1.31. The van der Waals surface area contributed by atoms with Gasteiger partial charge in [-0.2, -0.15) is 0 Å². The van der Waals surface area contributed by atoms with Gasteiger partial charge >= 0.3 is 35.8 Å². The van der Waals surface area contributed by atoms with Crippen molar-refractivity contribution in [2.24, 2.45) is 0 Å². The number of ether oxygens (including phenoxy) is 4. The SMILES string of the molecule is CC(C)(C)OC(=O)CNC(CCC(=O)NCCOCCOCC(=O)NC(CCC(=O)NC(CCC(=O)O)C(=O)O)C(=O)NC(CCC(=O)O)C(=O)O)C(=O)OC(C)(C)C. The predicted molar refractivity (Wildman–Crippen MR) is 201 cm³/mol. The van der Waals surface area contributed by atoms with Gasteiger partial charge in [0.1, 0.15) is 42.0 Å². The van der Waals surface area contributed by atoms with Gasteiger partial charge in [0.15, 0.2) is 0 Å². The van der Waals surface area contributed by atoms with Gasteiger partial charge in [-0.1, -0.05) is 0 Å². The minimum absolute atomic E-state index is 0.0146. The smallest absolute Gasteiger partial charge is 0.326 e. The molecule has 23 nitrogen and oxygen atoms in total. The average molecular weight is 850 g/mol. The molecule has 0 rings (SSSR count). The second kappa shape index (κ2) is 27.3. The van der Waals surface area contributed by atoms with Crippen molar-refractivity contribution in [1.82, 2.24) is 26.6 Å². The standard InChI is InChI=1S/C36H59N5O18/c1-35(2,3)58-30(49)19-38-24(34(55)59-36(4,5)6)8-11-25(42)37-15-16-56-17-18-57-20-27(44)39-21(31(50)41-23(33(53)54)10-14-29(47)48)7-12-26(43)40-22(32(51)52)9-13-28(45)46/h21-24,38H,7-20H2,1-6H3,(H,37,42)(H,39,44)(H,40,43)(H,41,50)(H,45,46)(H,47,48)(H,51,52)(H,53,54). The molecule has 0 saturated carbocycles. The summed E-state index contributed by atoms with van der Waals surface area (Å²) in [5.41, 5.74) is -1.54. The summed E-state index contributed by atoms with van der Waals surface area (Å²) in [5.74, 6) is -10.2. The number of amides is 4. The zero-order valence-electron chi connectivity index (χ0n) is 34.2. The highest BCUT2D eigenvalue weighted by Gasteiger charge is 2.30. The molecule has 4 amide bonds. The second-order valence-electron chi connectivity index (χ2n) is 15.0. The number of rotatable bonds is 30. The first kappa shape index (κ1) is 53.6. The lowest BCUT2D eigenvalue weighted by molar-refractivity contribution is -0.159. The maximum absolute atomic E-state index is 13.0. The summed E-state index contributed by atoms with van der Waals surface area (Å²) in [5, 5.41) is 48.3. The van der Waals surface area contributed by atoms with Crippen LogP contribution >= 0.6 is 0 Å². The van der Waals surface area contributed by atoms with E-state index in [0.717, 1.165) is 0 Å². The Labute approximate surface area is 341 Å². The molecule has 0 spiro atoms. The summed E-state index contributed by atoms with van der Waals surface area (Å²) in [7, 11) is 0. The minimum atomic E-state index is -1.67. The van der Waals surface area contributed by atoms with E-state index in [0.29, 0.717) is 0 Å². The molecular weight excluding hydrogens is 790 g/mol. The van der Waals surface area contributed by atoms with Gasteiger partial charge in [-0.3, -0.25) is 43.7 Å². The zero-order chi connectivity index (χ0) is 45.3. The Morgan fingerprint density at radius 2 is 1.00 bits per heavy atom. The first-order valence-electron chi connectivity index (χ1n) is 18.7. The third-order valence-electron chi connectivity index (χ3n) is 7.29. The van der Waals surface area contributed by atoms with Crippen molar-refractivity contribution < 1.29 is 87.3 Å². The molecule has 4 unspecified atom stereocenters. The number of nitrogens with one attached hydrogen (secondary N) is 5. The van der Waals surface area contributed by atoms with Crippen LogP contribution in [-0.4, -0.2) is 155 Å². The van der Waals surface area contributed by atoms with Crippen molar-refractivity contribution >= 4 is 59.4 Å². The fraction of sp³-hybridized carbons (Fsp3) is 0.722. The van der Waals surface area contributed by atoms with E-state index in [4.69, 9.17) is 29.2 Å². The summed E-state index contributed by atoms with van der Waals surface area (Å²) in [4.78, 5) is 120. The fourth-order valence-corrected chi connectivity index (χ4v) is 4.64. The number of hydrogen-bond donors (Lipinski definition) is 9. The van der Waals surface area contributed by atoms with Crippen molar-refractivity contribution in [1.29, 1.82) is 0 Å². The lowest BCUT2D eigenvalue weighted by Crippen LogP contribution is -2.52. The third kappa shape index (κ3) is 28.6. The molecule has 4 atom stereocenters. The molecule has 0 radical (unpaired) electrons. The summed E-state index contributed by atoms with van der Waals surface area (Å²) >= 11 is 0. The fourth-order valence-electron chi connectivity index (χ4n) is 4.64. The van der Waals surface area contributed by atoms with Crippen LogP contribution in [0.1, 0.15) is 92.9 Å². The first-order chi connectivity index (χ1) is 27.3. The highest BCUT2D eigenvalue weighted by molar-refractivity contribution is 5.91. The lowest BCUT2D eigenvalue weighted by atomic mass is 10.1. The maximum atomic E-state index is 13.0. The number of hydrogen-bond acceptors (Lipinski definition) is 15. The molecule has 336 valence electrons. The van der Waals surface area contributed by atoms with E-state index < -0.39 is 140 Å². The van der Waals surface area contributed by atoms with Gasteiger partial charge in [0.05, 0.1) is 26.4 Å². The Hall–Kier alpha value is -5.42. The molecule has 0 aliphatic carbocycles. The Bertz CT molecular complexity index is 1460. The quantitative estimate of drug-likeness (QED) is 0.0299. The lowest BCUT2D eigenvalue weighted by Gasteiger charge is -2.25. The Balaban J connectivity index is 5.02. The molecule has 0 heterocycles. The van der Waals surface area contributed by atoms with Crippen LogP contribution in [0, 0.1) is 0 Å². The number of carboxylic acids is 4. The third-order valence-corrected chi connectivity index (χ3v) is 7.29. The van der Waals surface area contributed by atoms with Gasteiger partial charge in [0.25, 0.3) is 0 Å². The van der Waals surface area contributed by atoms with Gasteiger partial charge in [0, 0.05) is 32.2 Å². The molecule has 0 saturated heterocycles. The van der Waals surface area contributed by atoms with Crippen LogP contribution in [0.3, 0.4) is 0 Å². The number of carboxylic acid groups (broad SMARTS) is 4. The molecule has 23 heteroatoms. The zero-order valence-corrected chi connectivity index (χ0v) is 34.2. The van der Waals surface area contributed by atoms with Crippen LogP contribution in [0.25, 0.3) is 0 Å². The monoisotopic (exact) mass is 849 g/mol. The van der Waals surface area contributed by atoms with Gasteiger partial charge < -0.3 is 60.6 Å². The molecule has 0 bridgehead atoms. The van der Waals surface area contributed by atoms with Crippen LogP contribution in [0.4, 0.5) is 0 Å². The van der Waals surface area contributed by atoms with E-state index in [-0.39, 0.29) is 45.8 Å². The van der Waals surface area contributed by atoms with Crippen molar-refractivity contribution in [2.75, 3.05) is 39.5 Å². The normalized spacial score (nSPS) is 13.4.